The largest absolute Gasteiger partial charge is 0.462 e. The Labute approximate surface area is 153 Å². The average Bonchev–Trinajstić information content (AvgIpc) is 2.46. The molecule has 0 N–H and O–H groups in total. The summed E-state index contributed by atoms with van der Waals surface area (Å²) in [6.07, 6.45) is 14.5. The van der Waals surface area contributed by atoms with Gasteiger partial charge in [-0.2, -0.15) is 0 Å². The molecule has 0 aromatic carbocycles. The molecule has 0 aliphatic rings. The highest BCUT2D eigenvalue weighted by atomic mass is 79.9. The smallest absolute Gasteiger partial charge is 0.333 e. The van der Waals surface area contributed by atoms with Gasteiger partial charge in [-0.3, -0.25) is 0 Å². The zero-order valence-electron chi connectivity index (χ0n) is 15.6. The number of esters is 1. The van der Waals surface area contributed by atoms with Crippen LogP contribution in [0.5, 0.6) is 0 Å². The molecule has 0 aliphatic heterocycles. The van der Waals surface area contributed by atoms with E-state index in [1.807, 2.05) is 0 Å². The Morgan fingerprint density at radius 3 is 1.65 bits per heavy atom. The number of hydrogen-bond donors (Lipinski definition) is 0. The third-order valence-electron chi connectivity index (χ3n) is 4.00. The Bertz CT molecular complexity index is 324. The Morgan fingerprint density at radius 2 is 1.26 bits per heavy atom. The van der Waals surface area contributed by atoms with Crippen LogP contribution in [0.2, 0.25) is 19.1 Å². The quantitative estimate of drug-likeness (QED) is 0.0964. The van der Waals surface area contributed by atoms with Crippen LogP contribution in [0, 0.1) is 0 Å². The fourth-order valence-corrected chi connectivity index (χ4v) is 4.46. The van der Waals surface area contributed by atoms with E-state index in [4.69, 9.17) is 4.74 Å². The van der Waals surface area contributed by atoms with Gasteiger partial charge in [0.05, 0.1) is 6.61 Å². The van der Waals surface area contributed by atoms with Gasteiger partial charge in [0.1, 0.15) is 6.69 Å². The molecule has 0 spiro atoms. The maximum absolute atomic E-state index is 11.2. The summed E-state index contributed by atoms with van der Waals surface area (Å²) in [6, 6.07) is 1.41. The fourth-order valence-electron chi connectivity index (χ4n) is 2.53. The van der Waals surface area contributed by atoms with Gasteiger partial charge in [-0.15, -0.1) is 15.3 Å². The second-order valence-corrected chi connectivity index (χ2v) is 17.7. The number of carbonyl (C=O) groups excluding carboxylic acids is 1. The first-order valence-corrected chi connectivity index (χ1v) is 14.8. The molecular weight excluding hydrogens is 368 g/mol. The Morgan fingerprint density at radius 1 is 0.870 bits per heavy atom. The summed E-state index contributed by atoms with van der Waals surface area (Å²) in [4.78, 5) is 11.2. The van der Waals surface area contributed by atoms with Crippen molar-refractivity contribution in [2.45, 2.75) is 96.7 Å². The predicted molar refractivity (Wildman–Crippen MR) is 108 cm³/mol. The van der Waals surface area contributed by atoms with E-state index in [0.717, 1.165) is 12.8 Å². The van der Waals surface area contributed by atoms with Gasteiger partial charge in [0.2, 0.25) is 0 Å². The Balaban J connectivity index is 3.14. The van der Waals surface area contributed by atoms with E-state index in [0.29, 0.717) is 12.2 Å². The first-order chi connectivity index (χ1) is 10.8. The lowest BCUT2D eigenvalue weighted by Gasteiger charge is -2.12. The van der Waals surface area contributed by atoms with Crippen molar-refractivity contribution in [3.05, 3.63) is 12.2 Å². The SMILES string of the molecule is C=C(C)C(=O)OCCCCCCCCCCCCC[Si](C)(C)Br. The molecule has 0 rings (SSSR count). The number of unbranched alkanes of at least 4 members (excludes halogenated alkanes) is 10. The average molecular weight is 405 g/mol. The minimum absolute atomic E-state index is 0.257. The Hall–Kier alpha value is -0.0931. The summed E-state index contributed by atoms with van der Waals surface area (Å²) in [5.74, 6) is -0.257. The van der Waals surface area contributed by atoms with Crippen molar-refractivity contribution < 1.29 is 9.53 Å². The Kier molecular flexibility index (Phi) is 14.2. The zero-order valence-corrected chi connectivity index (χ0v) is 18.2. The van der Waals surface area contributed by atoms with Gasteiger partial charge in [-0.05, 0) is 19.4 Å². The van der Waals surface area contributed by atoms with Crippen molar-refractivity contribution in [3.63, 3.8) is 0 Å². The molecule has 0 unspecified atom stereocenters. The summed E-state index contributed by atoms with van der Waals surface area (Å²) in [5, 5.41) is 0. The second kappa shape index (κ2) is 14.3. The van der Waals surface area contributed by atoms with E-state index >= 15 is 0 Å². The minimum Gasteiger partial charge on any atom is -0.462 e. The zero-order chi connectivity index (χ0) is 17.6. The molecule has 23 heavy (non-hydrogen) atoms. The van der Waals surface area contributed by atoms with Crippen LogP contribution in [-0.4, -0.2) is 19.3 Å². The number of carbonyl (C=O) groups is 1. The minimum atomic E-state index is -0.989. The van der Waals surface area contributed by atoms with Crippen molar-refractivity contribution in [2.75, 3.05) is 6.61 Å². The lowest BCUT2D eigenvalue weighted by atomic mass is 10.1. The lowest BCUT2D eigenvalue weighted by Crippen LogP contribution is -2.13. The van der Waals surface area contributed by atoms with Crippen molar-refractivity contribution in [3.8, 4) is 0 Å². The van der Waals surface area contributed by atoms with Crippen LogP contribution in [0.15, 0.2) is 12.2 Å². The molecule has 0 saturated carbocycles. The second-order valence-electron chi connectivity index (χ2n) is 7.27. The third-order valence-corrected chi connectivity index (χ3v) is 6.73. The molecule has 0 radical (unpaired) electrons. The van der Waals surface area contributed by atoms with E-state index in [-0.39, 0.29) is 5.97 Å². The molecule has 0 aromatic heterocycles. The fraction of sp³-hybridized carbons (Fsp3) is 0.842. The summed E-state index contributed by atoms with van der Waals surface area (Å²) in [5.41, 5.74) is 0.489. The maximum Gasteiger partial charge on any atom is 0.333 e. The predicted octanol–water partition coefficient (Wildman–Crippen LogP) is 7.00. The van der Waals surface area contributed by atoms with E-state index in [1.54, 1.807) is 6.92 Å². The highest BCUT2D eigenvalue weighted by Gasteiger charge is 2.14. The highest BCUT2D eigenvalue weighted by Crippen LogP contribution is 2.21. The van der Waals surface area contributed by atoms with Gasteiger partial charge in [0.15, 0.2) is 0 Å². The van der Waals surface area contributed by atoms with Gasteiger partial charge in [0, 0.05) is 5.57 Å². The van der Waals surface area contributed by atoms with Crippen molar-refractivity contribution >= 4 is 28.0 Å². The molecule has 0 bridgehead atoms. The number of hydrogen-bond acceptors (Lipinski definition) is 2. The normalized spacial score (nSPS) is 11.5. The first kappa shape index (κ1) is 22.9. The van der Waals surface area contributed by atoms with E-state index in [1.165, 1.54) is 63.8 Å². The van der Waals surface area contributed by atoms with Crippen LogP contribution in [-0.2, 0) is 9.53 Å². The molecule has 136 valence electrons. The van der Waals surface area contributed by atoms with Gasteiger partial charge in [-0.25, -0.2) is 4.79 Å². The summed E-state index contributed by atoms with van der Waals surface area (Å²) in [6.45, 7) is 9.58. The molecule has 0 aliphatic carbocycles. The molecule has 0 atom stereocenters. The molecule has 0 amide bonds. The van der Waals surface area contributed by atoms with Crippen molar-refractivity contribution in [2.24, 2.45) is 0 Å². The van der Waals surface area contributed by atoms with Gasteiger partial charge >= 0.3 is 5.97 Å². The monoisotopic (exact) mass is 404 g/mol. The third kappa shape index (κ3) is 18.1. The van der Waals surface area contributed by atoms with E-state index in [9.17, 15) is 4.79 Å². The molecule has 0 aromatic rings. The molecule has 2 nitrogen and oxygen atoms in total. The first-order valence-electron chi connectivity index (χ1n) is 9.34. The molecule has 0 heterocycles. The molecular formula is C19H37BrO2Si. The van der Waals surface area contributed by atoms with E-state index < -0.39 is 6.69 Å². The van der Waals surface area contributed by atoms with Crippen LogP contribution in [0.4, 0.5) is 0 Å². The number of rotatable bonds is 15. The summed E-state index contributed by atoms with van der Waals surface area (Å²) < 4.78 is 5.08. The van der Waals surface area contributed by atoms with Crippen LogP contribution < -0.4 is 0 Å². The molecule has 0 saturated heterocycles. The van der Waals surface area contributed by atoms with Gasteiger partial charge in [0.25, 0.3) is 0 Å². The number of halogens is 1. The van der Waals surface area contributed by atoms with Crippen molar-refractivity contribution in [1.82, 2.24) is 0 Å². The van der Waals surface area contributed by atoms with Crippen molar-refractivity contribution in [1.29, 1.82) is 0 Å². The molecule has 0 fully saturated rings. The van der Waals surface area contributed by atoms with Crippen LogP contribution in [0.1, 0.15) is 77.6 Å². The van der Waals surface area contributed by atoms with Gasteiger partial charge < -0.3 is 4.74 Å². The lowest BCUT2D eigenvalue weighted by molar-refractivity contribution is -0.139. The van der Waals surface area contributed by atoms with E-state index in [2.05, 4.69) is 35.0 Å². The van der Waals surface area contributed by atoms with Crippen LogP contribution in [0.3, 0.4) is 0 Å². The standard InChI is InChI=1S/C19H37BrO2Si/c1-18(2)19(21)22-16-14-12-10-8-6-5-7-9-11-13-15-17-23(3,4)20/h1,5-17H2,2-4H3. The highest BCUT2D eigenvalue weighted by molar-refractivity contribution is 9.26. The summed E-state index contributed by atoms with van der Waals surface area (Å²) in [7, 11) is 0. The number of ether oxygens (including phenoxy) is 1. The van der Waals surface area contributed by atoms with Gasteiger partial charge in [-0.1, -0.05) is 83.9 Å². The summed E-state index contributed by atoms with van der Waals surface area (Å²) >= 11 is 3.84. The molecule has 4 heteroatoms. The van der Waals surface area contributed by atoms with Crippen LogP contribution in [0.25, 0.3) is 0 Å². The van der Waals surface area contributed by atoms with Crippen LogP contribution >= 0.6 is 15.3 Å². The maximum atomic E-state index is 11.2. The topological polar surface area (TPSA) is 26.3 Å².